The molecule has 156 valence electrons. The van der Waals surface area contributed by atoms with Gasteiger partial charge in [0.25, 0.3) is 10.0 Å². The van der Waals surface area contributed by atoms with Crippen molar-refractivity contribution >= 4 is 50.7 Å². The SMILES string of the molecule is Cc1c(Cl)cccc1NS(=O)(=O)c1ccc(NC(=O)CCSc2ccccc2)cc1. The Morgan fingerprint density at radius 1 is 0.967 bits per heavy atom. The van der Waals surface area contributed by atoms with Gasteiger partial charge in [0.2, 0.25) is 5.91 Å². The maximum atomic E-state index is 12.6. The first kappa shape index (κ1) is 22.2. The van der Waals surface area contributed by atoms with Gasteiger partial charge in [-0.25, -0.2) is 8.42 Å². The number of amides is 1. The second-order valence-corrected chi connectivity index (χ2v) is 9.76. The van der Waals surface area contributed by atoms with Gasteiger partial charge in [-0.1, -0.05) is 35.9 Å². The van der Waals surface area contributed by atoms with Crippen molar-refractivity contribution in [2.24, 2.45) is 0 Å². The lowest BCUT2D eigenvalue weighted by atomic mass is 10.2. The van der Waals surface area contributed by atoms with Gasteiger partial charge in [0.15, 0.2) is 0 Å². The van der Waals surface area contributed by atoms with Crippen molar-refractivity contribution in [3.8, 4) is 0 Å². The summed E-state index contributed by atoms with van der Waals surface area (Å²) in [6.07, 6.45) is 0.356. The van der Waals surface area contributed by atoms with Crippen LogP contribution in [0.15, 0.2) is 82.6 Å². The van der Waals surface area contributed by atoms with Gasteiger partial charge in [-0.05, 0) is 61.0 Å². The quantitative estimate of drug-likeness (QED) is 0.431. The Morgan fingerprint density at radius 2 is 1.67 bits per heavy atom. The van der Waals surface area contributed by atoms with E-state index in [9.17, 15) is 13.2 Å². The Labute approximate surface area is 185 Å². The molecule has 3 rings (SSSR count). The molecule has 0 radical (unpaired) electrons. The van der Waals surface area contributed by atoms with Crippen LogP contribution in [0.2, 0.25) is 5.02 Å². The van der Waals surface area contributed by atoms with Gasteiger partial charge in [0.1, 0.15) is 0 Å². The van der Waals surface area contributed by atoms with Crippen molar-refractivity contribution in [3.05, 3.63) is 83.4 Å². The fourth-order valence-corrected chi connectivity index (χ4v) is 4.81. The molecule has 0 spiro atoms. The molecule has 0 aliphatic rings. The highest BCUT2D eigenvalue weighted by atomic mass is 35.5. The van der Waals surface area contributed by atoms with Crippen molar-refractivity contribution in [1.29, 1.82) is 0 Å². The molecule has 0 bridgehead atoms. The van der Waals surface area contributed by atoms with E-state index in [-0.39, 0.29) is 10.8 Å². The zero-order chi connectivity index (χ0) is 21.6. The molecule has 0 atom stereocenters. The highest BCUT2D eigenvalue weighted by Crippen LogP contribution is 2.26. The van der Waals surface area contributed by atoms with Gasteiger partial charge in [0.05, 0.1) is 10.6 Å². The first-order chi connectivity index (χ1) is 14.3. The highest BCUT2D eigenvalue weighted by molar-refractivity contribution is 7.99. The summed E-state index contributed by atoms with van der Waals surface area (Å²) in [6, 6.07) is 21.0. The molecule has 5 nitrogen and oxygen atoms in total. The summed E-state index contributed by atoms with van der Waals surface area (Å²) in [7, 11) is -3.77. The van der Waals surface area contributed by atoms with E-state index in [0.717, 1.165) is 4.90 Å². The van der Waals surface area contributed by atoms with E-state index in [2.05, 4.69) is 10.0 Å². The van der Waals surface area contributed by atoms with Crippen LogP contribution in [0.3, 0.4) is 0 Å². The Kier molecular flexibility index (Phi) is 7.42. The fourth-order valence-electron chi connectivity index (χ4n) is 2.64. The van der Waals surface area contributed by atoms with E-state index in [4.69, 9.17) is 11.6 Å². The monoisotopic (exact) mass is 460 g/mol. The maximum absolute atomic E-state index is 12.6. The third-order valence-electron chi connectivity index (χ3n) is 4.30. The lowest BCUT2D eigenvalue weighted by Gasteiger charge is -2.12. The molecule has 0 aliphatic heterocycles. The van der Waals surface area contributed by atoms with E-state index >= 15 is 0 Å². The van der Waals surface area contributed by atoms with E-state index in [1.807, 2.05) is 30.3 Å². The second kappa shape index (κ2) is 10.0. The molecule has 0 fully saturated rings. The molecule has 0 aliphatic carbocycles. The van der Waals surface area contributed by atoms with Crippen LogP contribution in [-0.4, -0.2) is 20.1 Å². The molecule has 8 heteroatoms. The molecule has 0 heterocycles. The van der Waals surface area contributed by atoms with Crippen molar-refractivity contribution in [3.63, 3.8) is 0 Å². The summed E-state index contributed by atoms with van der Waals surface area (Å²) in [5.74, 6) is 0.535. The average Bonchev–Trinajstić information content (AvgIpc) is 2.72. The van der Waals surface area contributed by atoms with Gasteiger partial charge in [0, 0.05) is 27.8 Å². The van der Waals surface area contributed by atoms with Gasteiger partial charge < -0.3 is 5.32 Å². The molecule has 3 aromatic carbocycles. The molecule has 30 heavy (non-hydrogen) atoms. The summed E-state index contributed by atoms with van der Waals surface area (Å²) < 4.78 is 27.8. The Morgan fingerprint density at radius 3 is 2.37 bits per heavy atom. The van der Waals surface area contributed by atoms with Crippen LogP contribution < -0.4 is 10.0 Å². The minimum atomic E-state index is -3.77. The zero-order valence-electron chi connectivity index (χ0n) is 16.3. The Balaban J connectivity index is 1.57. The summed E-state index contributed by atoms with van der Waals surface area (Å²) in [5.41, 5.74) is 1.62. The zero-order valence-corrected chi connectivity index (χ0v) is 18.7. The van der Waals surface area contributed by atoms with E-state index in [1.165, 1.54) is 12.1 Å². The van der Waals surface area contributed by atoms with E-state index in [0.29, 0.717) is 34.1 Å². The number of carbonyl (C=O) groups is 1. The predicted octanol–water partition coefficient (Wildman–Crippen LogP) is 5.57. The first-order valence-electron chi connectivity index (χ1n) is 9.21. The molecule has 0 saturated carbocycles. The second-order valence-electron chi connectivity index (χ2n) is 6.50. The minimum absolute atomic E-state index is 0.0968. The van der Waals surface area contributed by atoms with Crippen molar-refractivity contribution in [2.75, 3.05) is 15.8 Å². The molecule has 0 saturated heterocycles. The topological polar surface area (TPSA) is 75.3 Å². The van der Waals surface area contributed by atoms with Crippen LogP contribution >= 0.6 is 23.4 Å². The lowest BCUT2D eigenvalue weighted by Crippen LogP contribution is -2.15. The standard InChI is InChI=1S/C22H21ClN2O3S2/c1-16-20(23)8-5-9-21(16)25-30(27,28)19-12-10-17(11-13-19)24-22(26)14-15-29-18-6-3-2-4-7-18/h2-13,25H,14-15H2,1H3,(H,24,26). The number of nitrogens with one attached hydrogen (secondary N) is 2. The normalized spacial score (nSPS) is 11.1. The number of hydrogen-bond donors (Lipinski definition) is 2. The summed E-state index contributed by atoms with van der Waals surface area (Å²) in [5, 5.41) is 3.27. The van der Waals surface area contributed by atoms with Crippen LogP contribution in [0.25, 0.3) is 0 Å². The number of sulfonamides is 1. The number of rotatable bonds is 8. The average molecular weight is 461 g/mol. The van der Waals surface area contributed by atoms with Crippen LogP contribution in [0.1, 0.15) is 12.0 Å². The van der Waals surface area contributed by atoms with Crippen molar-refractivity contribution in [2.45, 2.75) is 23.1 Å². The Bertz CT molecular complexity index is 1120. The number of benzene rings is 3. The third-order valence-corrected chi connectivity index (χ3v) is 7.11. The minimum Gasteiger partial charge on any atom is -0.326 e. The van der Waals surface area contributed by atoms with E-state index in [1.54, 1.807) is 49.0 Å². The first-order valence-corrected chi connectivity index (χ1v) is 12.1. The lowest BCUT2D eigenvalue weighted by molar-refractivity contribution is -0.115. The number of thioether (sulfide) groups is 1. The van der Waals surface area contributed by atoms with Crippen LogP contribution in [0.4, 0.5) is 11.4 Å². The van der Waals surface area contributed by atoms with Crippen molar-refractivity contribution in [1.82, 2.24) is 0 Å². The highest BCUT2D eigenvalue weighted by Gasteiger charge is 2.16. The molecule has 0 aromatic heterocycles. The summed E-state index contributed by atoms with van der Waals surface area (Å²) in [4.78, 5) is 13.3. The maximum Gasteiger partial charge on any atom is 0.261 e. The number of hydrogen-bond acceptors (Lipinski definition) is 4. The Hall–Kier alpha value is -2.48. The van der Waals surface area contributed by atoms with Crippen LogP contribution in [0.5, 0.6) is 0 Å². The number of anilines is 2. The molecular formula is C22H21ClN2O3S2. The summed E-state index contributed by atoms with van der Waals surface area (Å²) >= 11 is 7.66. The van der Waals surface area contributed by atoms with Crippen LogP contribution in [-0.2, 0) is 14.8 Å². The van der Waals surface area contributed by atoms with Crippen molar-refractivity contribution < 1.29 is 13.2 Å². The van der Waals surface area contributed by atoms with Gasteiger partial charge in [-0.15, -0.1) is 11.8 Å². The molecule has 0 unspecified atom stereocenters. The van der Waals surface area contributed by atoms with Gasteiger partial charge in [-0.3, -0.25) is 9.52 Å². The molecular weight excluding hydrogens is 440 g/mol. The van der Waals surface area contributed by atoms with Gasteiger partial charge >= 0.3 is 0 Å². The number of carbonyl (C=O) groups excluding carboxylic acids is 1. The molecule has 2 N–H and O–H groups in total. The van der Waals surface area contributed by atoms with E-state index < -0.39 is 10.0 Å². The fraction of sp³-hybridized carbons (Fsp3) is 0.136. The van der Waals surface area contributed by atoms with Crippen LogP contribution in [0, 0.1) is 6.92 Å². The molecule has 3 aromatic rings. The number of halogens is 1. The predicted molar refractivity (Wildman–Crippen MR) is 124 cm³/mol. The third kappa shape index (κ3) is 6.01. The summed E-state index contributed by atoms with van der Waals surface area (Å²) in [6.45, 7) is 1.74. The largest absolute Gasteiger partial charge is 0.326 e. The molecule has 1 amide bonds. The smallest absolute Gasteiger partial charge is 0.261 e. The van der Waals surface area contributed by atoms with Gasteiger partial charge in [-0.2, -0.15) is 0 Å².